The van der Waals surface area contributed by atoms with E-state index in [0.717, 1.165) is 29.5 Å². The molecular formula is C30H62O3Si5. The van der Waals surface area contributed by atoms with Gasteiger partial charge in [0, 0.05) is 7.83 Å². The molecule has 0 aromatic rings. The fourth-order valence-corrected chi connectivity index (χ4v) is 113. The summed E-state index contributed by atoms with van der Waals surface area (Å²) < 4.78 is 0. The third-order valence-electron chi connectivity index (χ3n) is 12.6. The van der Waals surface area contributed by atoms with Gasteiger partial charge in [-0.3, -0.25) is 0 Å². The maximum atomic E-state index is 12.7. The van der Waals surface area contributed by atoms with Gasteiger partial charge in [-0.2, -0.15) is 0 Å². The Labute approximate surface area is 241 Å². The van der Waals surface area contributed by atoms with Crippen molar-refractivity contribution in [3.8, 4) is 0 Å². The molecule has 38 heavy (non-hydrogen) atoms. The molecular weight excluding hydrogens is 549 g/mol. The minimum Gasteiger partial charge on any atom is -0.438 e. The van der Waals surface area contributed by atoms with Crippen molar-refractivity contribution in [2.75, 3.05) is 0 Å². The van der Waals surface area contributed by atoms with Gasteiger partial charge in [-0.05, 0) is 29.5 Å². The zero-order chi connectivity index (χ0) is 26.4. The summed E-state index contributed by atoms with van der Waals surface area (Å²) in [6, 6.07) is 0. The summed E-state index contributed by atoms with van der Waals surface area (Å²) in [6.07, 6.45) is 33.7. The molecule has 8 heteroatoms. The second-order valence-electron chi connectivity index (χ2n) is 14.9. The van der Waals surface area contributed by atoms with Gasteiger partial charge < -0.3 is 14.4 Å². The molecule has 3 N–H and O–H groups in total. The first kappa shape index (κ1) is 30.4. The average Bonchev–Trinajstić information content (AvgIpc) is 2.99. The highest BCUT2D eigenvalue weighted by atomic mass is 29.9. The molecule has 0 saturated heterocycles. The summed E-state index contributed by atoms with van der Waals surface area (Å²) >= 11 is 0. The van der Waals surface area contributed by atoms with Crippen LogP contribution in [0.4, 0.5) is 0 Å². The summed E-state index contributed by atoms with van der Waals surface area (Å²) in [7, 11) is -9.44. The summed E-state index contributed by atoms with van der Waals surface area (Å²) in [5, 5.41) is 0. The maximum Gasteiger partial charge on any atom is 0.307 e. The molecule has 0 aromatic heterocycles. The molecule has 5 rings (SSSR count). The summed E-state index contributed by atoms with van der Waals surface area (Å²) in [5.41, 5.74) is 3.51. The van der Waals surface area contributed by atoms with Crippen LogP contribution in [0.15, 0.2) is 0 Å². The van der Waals surface area contributed by atoms with Crippen LogP contribution in [0.5, 0.6) is 0 Å². The molecule has 4 atom stereocenters. The van der Waals surface area contributed by atoms with E-state index in [1.807, 2.05) is 0 Å². The van der Waals surface area contributed by atoms with Gasteiger partial charge in [0.2, 0.25) is 0 Å². The molecule has 0 radical (unpaired) electrons. The molecule has 0 bridgehead atoms. The summed E-state index contributed by atoms with van der Waals surface area (Å²) in [6.45, 7) is 0. The van der Waals surface area contributed by atoms with E-state index in [0.29, 0.717) is 11.1 Å². The van der Waals surface area contributed by atoms with Crippen molar-refractivity contribution in [3.05, 3.63) is 0 Å². The monoisotopic (exact) mass is 610 g/mol. The lowest BCUT2D eigenvalue weighted by atomic mass is 10.0. The number of hydrogen-bond donors (Lipinski definition) is 3. The van der Waals surface area contributed by atoms with Gasteiger partial charge in [-0.1, -0.05) is 159 Å². The van der Waals surface area contributed by atoms with Gasteiger partial charge in [0.15, 0.2) is 8.56 Å². The molecule has 3 nitrogen and oxygen atoms in total. The quantitative estimate of drug-likeness (QED) is 0.252. The van der Waals surface area contributed by atoms with E-state index in [4.69, 9.17) is 0 Å². The molecule has 5 aliphatic carbocycles. The summed E-state index contributed by atoms with van der Waals surface area (Å²) in [5.74, 6) is 0. The van der Waals surface area contributed by atoms with E-state index in [2.05, 4.69) is 0 Å². The molecule has 5 fully saturated rings. The van der Waals surface area contributed by atoms with Crippen molar-refractivity contribution >= 4 is 40.1 Å². The van der Waals surface area contributed by atoms with Gasteiger partial charge in [0.1, 0.15) is 0 Å². The second kappa shape index (κ2) is 14.9. The van der Waals surface area contributed by atoms with Crippen LogP contribution in [0.1, 0.15) is 161 Å². The van der Waals surface area contributed by atoms with E-state index < -0.39 is 40.1 Å². The van der Waals surface area contributed by atoms with E-state index in [1.165, 1.54) is 148 Å². The Bertz CT molecular complexity index is 681. The van der Waals surface area contributed by atoms with Gasteiger partial charge in [0.05, 0.1) is 15.7 Å². The number of hydrogen-bond acceptors (Lipinski definition) is 3. The molecule has 0 aromatic carbocycles. The minimum absolute atomic E-state index is 0.294. The molecule has 220 valence electrons. The lowest BCUT2D eigenvalue weighted by Gasteiger charge is -2.51. The first-order valence-corrected chi connectivity index (χ1v) is 32.7. The summed E-state index contributed by atoms with van der Waals surface area (Å²) in [4.78, 5) is 38.2. The Morgan fingerprint density at radius 1 is 0.395 bits per heavy atom. The Kier molecular flexibility index (Phi) is 11.9. The zero-order valence-electron chi connectivity index (χ0n) is 24.7. The van der Waals surface area contributed by atoms with Gasteiger partial charge in [-0.25, -0.2) is 0 Å². The average molecular weight is 611 g/mol. The SMILES string of the molecule is O[SiH](C1CCCCC1)[SiH](C1CCCCC1)[SiH](C1CCCCC1)[SiH](C1CCCCC1)[Si](O)(O)C1CCCCC1. The van der Waals surface area contributed by atoms with Crippen LogP contribution in [0.25, 0.3) is 0 Å². The van der Waals surface area contributed by atoms with Gasteiger partial charge in [-0.15, -0.1) is 0 Å². The smallest absolute Gasteiger partial charge is 0.307 e. The van der Waals surface area contributed by atoms with Crippen LogP contribution in [-0.2, 0) is 0 Å². The predicted octanol–water partition coefficient (Wildman–Crippen LogP) is 6.80. The van der Waals surface area contributed by atoms with Gasteiger partial charge in [0.25, 0.3) is 0 Å². The number of rotatable bonds is 9. The van der Waals surface area contributed by atoms with Crippen molar-refractivity contribution in [2.45, 2.75) is 188 Å². The first-order chi connectivity index (χ1) is 18.6. The topological polar surface area (TPSA) is 60.7 Å². The van der Waals surface area contributed by atoms with Crippen molar-refractivity contribution in [2.24, 2.45) is 0 Å². The molecule has 0 aliphatic heterocycles. The minimum atomic E-state index is -3.24. The normalized spacial score (nSPS) is 30.1. The fraction of sp³-hybridized carbons (Fsp3) is 1.00. The van der Waals surface area contributed by atoms with Crippen LogP contribution in [0.3, 0.4) is 0 Å². The lowest BCUT2D eigenvalue weighted by Crippen LogP contribution is -2.73. The highest BCUT2D eigenvalue weighted by molar-refractivity contribution is 7.75. The Hall–Kier alpha value is 0.964. The highest BCUT2D eigenvalue weighted by Crippen LogP contribution is 2.49. The third kappa shape index (κ3) is 7.29. The van der Waals surface area contributed by atoms with E-state index >= 15 is 0 Å². The van der Waals surface area contributed by atoms with E-state index in [9.17, 15) is 14.4 Å². The molecule has 0 spiro atoms. The second-order valence-corrected chi connectivity index (χ2v) is 50.0. The fourth-order valence-electron chi connectivity index (χ4n) is 10.7. The van der Waals surface area contributed by atoms with Crippen LogP contribution < -0.4 is 0 Å². The van der Waals surface area contributed by atoms with Crippen molar-refractivity contribution in [3.63, 3.8) is 0 Å². The van der Waals surface area contributed by atoms with Crippen molar-refractivity contribution < 1.29 is 14.4 Å². The molecule has 4 unspecified atom stereocenters. The van der Waals surface area contributed by atoms with Crippen molar-refractivity contribution in [1.82, 2.24) is 0 Å². The van der Waals surface area contributed by atoms with Crippen LogP contribution in [0.2, 0.25) is 27.7 Å². The maximum absolute atomic E-state index is 12.7. The predicted molar refractivity (Wildman–Crippen MR) is 175 cm³/mol. The molecule has 5 aliphatic rings. The molecule has 0 amide bonds. The zero-order valence-corrected chi connectivity index (χ0v) is 30.3. The van der Waals surface area contributed by atoms with Crippen LogP contribution >= 0.6 is 0 Å². The van der Waals surface area contributed by atoms with E-state index in [-0.39, 0.29) is 0 Å². The Morgan fingerprint density at radius 2 is 0.737 bits per heavy atom. The van der Waals surface area contributed by atoms with Crippen molar-refractivity contribution in [1.29, 1.82) is 0 Å². The first-order valence-electron chi connectivity index (χ1n) is 17.7. The third-order valence-corrected chi connectivity index (χ3v) is 78.4. The van der Waals surface area contributed by atoms with Crippen LogP contribution in [-0.4, -0.2) is 54.5 Å². The Balaban J connectivity index is 1.56. The van der Waals surface area contributed by atoms with E-state index in [1.54, 1.807) is 0 Å². The molecule has 5 saturated carbocycles. The molecule has 0 heterocycles. The Morgan fingerprint density at radius 3 is 1.18 bits per heavy atom. The highest BCUT2D eigenvalue weighted by Gasteiger charge is 2.60. The van der Waals surface area contributed by atoms with Crippen LogP contribution in [0, 0.1) is 0 Å². The lowest BCUT2D eigenvalue weighted by molar-refractivity contribution is 0.333. The van der Waals surface area contributed by atoms with Gasteiger partial charge >= 0.3 is 8.08 Å². The standard InChI is InChI=1S/C30H62O3Si5/c31-34(26-16-6-1-7-17-26)35(27-18-8-2-9-19-27)36(28-20-10-3-11-21-28)37(29-22-12-4-13-23-29)38(32,33)30-24-14-5-15-25-30/h26-37H,1-25H2. The largest absolute Gasteiger partial charge is 0.438 e.